The van der Waals surface area contributed by atoms with E-state index in [1.165, 1.54) is 0 Å². The van der Waals surface area contributed by atoms with E-state index in [2.05, 4.69) is 5.16 Å². The average Bonchev–Trinajstić information content (AvgIpc) is 2.50. The molecule has 0 spiro atoms. The molecular weight excluding hydrogens is 160 g/mol. The summed E-state index contributed by atoms with van der Waals surface area (Å²) < 4.78 is 4.91. The lowest BCUT2D eigenvalue weighted by molar-refractivity contribution is 0.395. The zero-order chi connectivity index (χ0) is 7.94. The van der Waals surface area contributed by atoms with Crippen LogP contribution in [0.2, 0.25) is 0 Å². The Hall–Kier alpha value is -0.480. The maximum absolute atomic E-state index is 5.34. The van der Waals surface area contributed by atoms with Crippen molar-refractivity contribution in [2.75, 3.05) is 12.3 Å². The van der Waals surface area contributed by atoms with Gasteiger partial charge in [0.15, 0.2) is 0 Å². The highest BCUT2D eigenvalue weighted by Gasteiger charge is 1.95. The molecule has 11 heavy (non-hydrogen) atoms. The Morgan fingerprint density at radius 1 is 1.64 bits per heavy atom. The highest BCUT2D eigenvalue weighted by Crippen LogP contribution is 2.11. The fraction of sp³-hybridized carbons (Fsp3) is 0.571. The number of rotatable bonds is 5. The van der Waals surface area contributed by atoms with Crippen molar-refractivity contribution in [3.63, 3.8) is 0 Å². The molecule has 4 heteroatoms. The number of aromatic nitrogens is 1. The largest absolute Gasteiger partial charge is 0.361 e. The van der Waals surface area contributed by atoms with E-state index in [4.69, 9.17) is 10.3 Å². The Kier molecular flexibility index (Phi) is 4.08. The average molecular weight is 172 g/mol. The van der Waals surface area contributed by atoms with Crippen molar-refractivity contribution in [1.82, 2.24) is 5.16 Å². The number of hydrogen-bond acceptors (Lipinski definition) is 4. The van der Waals surface area contributed by atoms with Crippen molar-refractivity contribution in [2.24, 2.45) is 5.73 Å². The maximum Gasteiger partial charge on any atom is 0.146 e. The van der Waals surface area contributed by atoms with E-state index in [-0.39, 0.29) is 0 Å². The Bertz CT molecular complexity index is 177. The summed E-state index contributed by atoms with van der Waals surface area (Å²) in [4.78, 5) is 0. The van der Waals surface area contributed by atoms with Crippen LogP contribution in [0, 0.1) is 0 Å². The third-order valence-electron chi connectivity index (χ3n) is 1.23. The van der Waals surface area contributed by atoms with Crippen LogP contribution in [0.4, 0.5) is 0 Å². The Morgan fingerprint density at radius 3 is 3.18 bits per heavy atom. The maximum atomic E-state index is 5.34. The number of nitrogens with zero attached hydrogens (tertiary/aromatic N) is 1. The van der Waals surface area contributed by atoms with Crippen LogP contribution in [0.3, 0.4) is 0 Å². The van der Waals surface area contributed by atoms with Gasteiger partial charge in [0.2, 0.25) is 0 Å². The molecule has 0 unspecified atom stereocenters. The van der Waals surface area contributed by atoms with Gasteiger partial charge in [0.25, 0.3) is 0 Å². The van der Waals surface area contributed by atoms with Gasteiger partial charge in [-0.25, -0.2) is 0 Å². The summed E-state index contributed by atoms with van der Waals surface area (Å²) in [6.45, 7) is 0.767. The summed E-state index contributed by atoms with van der Waals surface area (Å²) in [5, 5.41) is 3.61. The minimum absolute atomic E-state index is 0.767. The summed E-state index contributed by atoms with van der Waals surface area (Å²) in [6, 6.07) is 1.88. The third-order valence-corrected chi connectivity index (χ3v) is 2.29. The summed E-state index contributed by atoms with van der Waals surface area (Å²) >= 11 is 1.82. The van der Waals surface area contributed by atoms with Crippen LogP contribution in [0.25, 0.3) is 0 Å². The van der Waals surface area contributed by atoms with E-state index in [0.29, 0.717) is 0 Å². The topological polar surface area (TPSA) is 52.0 Å². The Balaban J connectivity index is 2.04. The molecule has 1 aromatic heterocycles. The molecule has 0 bridgehead atoms. The molecule has 0 aliphatic carbocycles. The van der Waals surface area contributed by atoms with Crippen LogP contribution in [0.1, 0.15) is 12.2 Å². The van der Waals surface area contributed by atoms with E-state index >= 15 is 0 Å². The van der Waals surface area contributed by atoms with Crippen molar-refractivity contribution >= 4 is 11.8 Å². The predicted octanol–water partition coefficient (Wildman–Crippen LogP) is 1.26. The lowest BCUT2D eigenvalue weighted by Crippen LogP contribution is -1.99. The van der Waals surface area contributed by atoms with E-state index in [1.807, 2.05) is 17.8 Å². The smallest absolute Gasteiger partial charge is 0.146 e. The van der Waals surface area contributed by atoms with Crippen molar-refractivity contribution in [2.45, 2.75) is 12.2 Å². The molecule has 1 rings (SSSR count). The predicted molar refractivity (Wildman–Crippen MR) is 46.3 cm³/mol. The van der Waals surface area contributed by atoms with Crippen molar-refractivity contribution in [3.05, 3.63) is 18.0 Å². The van der Waals surface area contributed by atoms with Crippen LogP contribution in [0.15, 0.2) is 16.8 Å². The molecule has 0 aliphatic rings. The van der Waals surface area contributed by atoms with Crippen LogP contribution >= 0.6 is 11.8 Å². The highest BCUT2D eigenvalue weighted by molar-refractivity contribution is 7.98. The van der Waals surface area contributed by atoms with Gasteiger partial charge in [0.1, 0.15) is 5.76 Å². The molecule has 0 saturated heterocycles. The third kappa shape index (κ3) is 3.43. The summed E-state index contributed by atoms with van der Waals surface area (Å²) in [5.74, 6) is 2.93. The van der Waals surface area contributed by atoms with E-state index in [9.17, 15) is 0 Å². The van der Waals surface area contributed by atoms with Gasteiger partial charge in [-0.1, -0.05) is 5.16 Å². The van der Waals surface area contributed by atoms with Gasteiger partial charge in [-0.05, 0) is 18.7 Å². The van der Waals surface area contributed by atoms with Gasteiger partial charge >= 0.3 is 0 Å². The summed E-state index contributed by atoms with van der Waals surface area (Å²) in [5.41, 5.74) is 5.34. The normalized spacial score (nSPS) is 10.3. The van der Waals surface area contributed by atoms with E-state index < -0.39 is 0 Å². The fourth-order valence-corrected chi connectivity index (χ4v) is 1.54. The highest BCUT2D eigenvalue weighted by atomic mass is 32.2. The second-order valence-electron chi connectivity index (χ2n) is 2.17. The van der Waals surface area contributed by atoms with Gasteiger partial charge in [-0.3, -0.25) is 0 Å². The number of thioether (sulfide) groups is 1. The Labute approximate surface area is 70.3 Å². The summed E-state index contributed by atoms with van der Waals surface area (Å²) in [7, 11) is 0. The van der Waals surface area contributed by atoms with Crippen LogP contribution in [0.5, 0.6) is 0 Å². The van der Waals surface area contributed by atoms with Crippen molar-refractivity contribution in [3.8, 4) is 0 Å². The first-order valence-corrected chi connectivity index (χ1v) is 4.76. The van der Waals surface area contributed by atoms with Gasteiger partial charge < -0.3 is 10.3 Å². The zero-order valence-electron chi connectivity index (χ0n) is 6.32. The lowest BCUT2D eigenvalue weighted by Gasteiger charge is -1.94. The Morgan fingerprint density at radius 2 is 2.55 bits per heavy atom. The standard InChI is InChI=1S/C7H12N2OS/c8-3-1-5-11-6-7-2-4-9-10-7/h2,4H,1,3,5-6,8H2. The van der Waals surface area contributed by atoms with Crippen LogP contribution < -0.4 is 5.73 Å². The molecule has 2 N–H and O–H groups in total. The zero-order valence-corrected chi connectivity index (χ0v) is 7.14. The first-order chi connectivity index (χ1) is 5.43. The first-order valence-electron chi connectivity index (χ1n) is 3.61. The first kappa shape index (κ1) is 8.62. The minimum atomic E-state index is 0.767. The van der Waals surface area contributed by atoms with Gasteiger partial charge in [0.05, 0.1) is 11.9 Å². The van der Waals surface area contributed by atoms with Crippen molar-refractivity contribution in [1.29, 1.82) is 0 Å². The van der Waals surface area contributed by atoms with Crippen molar-refractivity contribution < 1.29 is 4.52 Å². The van der Waals surface area contributed by atoms with E-state index in [0.717, 1.165) is 30.2 Å². The molecule has 0 saturated carbocycles. The molecule has 3 nitrogen and oxygen atoms in total. The molecule has 1 heterocycles. The minimum Gasteiger partial charge on any atom is -0.361 e. The van der Waals surface area contributed by atoms with Crippen LogP contribution in [-0.4, -0.2) is 17.5 Å². The quantitative estimate of drug-likeness (QED) is 0.679. The lowest BCUT2D eigenvalue weighted by atomic mass is 10.5. The monoisotopic (exact) mass is 172 g/mol. The van der Waals surface area contributed by atoms with Gasteiger partial charge in [-0.15, -0.1) is 0 Å². The number of nitrogens with two attached hydrogens (primary N) is 1. The second kappa shape index (κ2) is 5.21. The molecule has 62 valence electrons. The van der Waals surface area contributed by atoms with Crippen LogP contribution in [-0.2, 0) is 5.75 Å². The molecular formula is C7H12N2OS. The number of hydrogen-bond donors (Lipinski definition) is 1. The SMILES string of the molecule is NCCCSCc1ccno1. The second-order valence-corrected chi connectivity index (χ2v) is 3.28. The molecule has 0 amide bonds. The van der Waals surface area contributed by atoms with Gasteiger partial charge in [-0.2, -0.15) is 11.8 Å². The molecule has 0 aromatic carbocycles. The molecule has 0 radical (unpaired) electrons. The molecule has 1 aromatic rings. The van der Waals surface area contributed by atoms with E-state index in [1.54, 1.807) is 6.20 Å². The summed E-state index contributed by atoms with van der Waals surface area (Å²) in [6.07, 6.45) is 2.73. The molecule has 0 aliphatic heterocycles. The fourth-order valence-electron chi connectivity index (χ4n) is 0.675. The van der Waals surface area contributed by atoms with Gasteiger partial charge in [0, 0.05) is 6.07 Å². The molecule has 0 atom stereocenters. The molecule has 0 fully saturated rings.